The third-order valence-corrected chi connectivity index (χ3v) is 2.97. The number of hydrogen-bond acceptors (Lipinski definition) is 3. The third kappa shape index (κ3) is 4.51. The van der Waals surface area contributed by atoms with Crippen LogP contribution < -0.4 is 4.74 Å². The third-order valence-electron chi connectivity index (χ3n) is 2.20. The number of unbranched alkanes of at least 4 members (excludes halogenated alkanes) is 1. The van der Waals surface area contributed by atoms with Crippen molar-refractivity contribution < 1.29 is 14.6 Å². The van der Waals surface area contributed by atoms with Gasteiger partial charge in [0.2, 0.25) is 0 Å². The lowest BCUT2D eigenvalue weighted by atomic mass is 10.2. The highest BCUT2D eigenvalue weighted by atomic mass is 79.9. The molecule has 0 amide bonds. The molecule has 0 fully saturated rings. The lowest BCUT2D eigenvalue weighted by molar-refractivity contribution is 0.184. The van der Waals surface area contributed by atoms with Crippen molar-refractivity contribution in [1.29, 1.82) is 0 Å². The van der Waals surface area contributed by atoms with E-state index in [4.69, 9.17) is 14.6 Å². The van der Waals surface area contributed by atoms with E-state index in [2.05, 4.69) is 15.9 Å². The van der Waals surface area contributed by atoms with Crippen LogP contribution in [0.2, 0.25) is 0 Å². The molecule has 0 aliphatic carbocycles. The van der Waals surface area contributed by atoms with E-state index < -0.39 is 0 Å². The second kappa shape index (κ2) is 7.65. The SMILES string of the molecule is COCCCCOc1ccc(Br)c(CO)c1. The van der Waals surface area contributed by atoms with Gasteiger partial charge in [-0.05, 0) is 36.6 Å². The quantitative estimate of drug-likeness (QED) is 0.784. The molecule has 0 spiro atoms. The van der Waals surface area contributed by atoms with Gasteiger partial charge in [-0.3, -0.25) is 0 Å². The van der Waals surface area contributed by atoms with Crippen molar-refractivity contribution in [2.75, 3.05) is 20.3 Å². The zero-order valence-corrected chi connectivity index (χ0v) is 11.0. The fourth-order valence-electron chi connectivity index (χ4n) is 1.30. The smallest absolute Gasteiger partial charge is 0.119 e. The molecule has 0 aromatic heterocycles. The first-order valence-corrected chi connectivity index (χ1v) is 6.08. The van der Waals surface area contributed by atoms with E-state index in [9.17, 15) is 0 Å². The molecule has 1 aromatic rings. The molecule has 16 heavy (non-hydrogen) atoms. The molecule has 0 aliphatic heterocycles. The maximum absolute atomic E-state index is 9.08. The normalized spacial score (nSPS) is 10.4. The Kier molecular flexibility index (Phi) is 6.45. The molecule has 1 aromatic carbocycles. The van der Waals surface area contributed by atoms with Crippen LogP contribution in [0.3, 0.4) is 0 Å². The van der Waals surface area contributed by atoms with Gasteiger partial charge < -0.3 is 14.6 Å². The van der Waals surface area contributed by atoms with E-state index in [0.29, 0.717) is 6.61 Å². The maximum Gasteiger partial charge on any atom is 0.119 e. The molecule has 0 aliphatic rings. The minimum absolute atomic E-state index is 0.0153. The van der Waals surface area contributed by atoms with Crippen molar-refractivity contribution in [1.82, 2.24) is 0 Å². The van der Waals surface area contributed by atoms with Crippen LogP contribution >= 0.6 is 15.9 Å². The topological polar surface area (TPSA) is 38.7 Å². The van der Waals surface area contributed by atoms with E-state index in [1.807, 2.05) is 18.2 Å². The highest BCUT2D eigenvalue weighted by molar-refractivity contribution is 9.10. The Morgan fingerprint density at radius 1 is 1.25 bits per heavy atom. The number of methoxy groups -OCH3 is 1. The molecule has 0 unspecified atom stereocenters. The highest BCUT2D eigenvalue weighted by Gasteiger charge is 2.01. The molecule has 0 bridgehead atoms. The lowest BCUT2D eigenvalue weighted by Gasteiger charge is -2.08. The number of ether oxygens (including phenoxy) is 2. The average Bonchev–Trinajstić information content (AvgIpc) is 2.31. The minimum atomic E-state index is 0.0153. The Hall–Kier alpha value is -0.580. The Morgan fingerprint density at radius 3 is 2.69 bits per heavy atom. The van der Waals surface area contributed by atoms with Gasteiger partial charge in [-0.15, -0.1) is 0 Å². The highest BCUT2D eigenvalue weighted by Crippen LogP contribution is 2.22. The largest absolute Gasteiger partial charge is 0.494 e. The molecule has 1 rings (SSSR count). The standard InChI is InChI=1S/C12H17BrO3/c1-15-6-2-3-7-16-11-4-5-12(13)10(8-11)9-14/h4-5,8,14H,2-3,6-7,9H2,1H3. The predicted molar refractivity (Wildman–Crippen MR) is 66.7 cm³/mol. The van der Waals surface area contributed by atoms with Gasteiger partial charge in [-0.1, -0.05) is 15.9 Å². The van der Waals surface area contributed by atoms with Crippen LogP contribution in [0.1, 0.15) is 18.4 Å². The second-order valence-electron chi connectivity index (χ2n) is 3.46. The Morgan fingerprint density at radius 2 is 2.00 bits per heavy atom. The first kappa shape index (κ1) is 13.5. The van der Waals surface area contributed by atoms with Crippen LogP contribution in [0.5, 0.6) is 5.75 Å². The van der Waals surface area contributed by atoms with Gasteiger partial charge in [0.25, 0.3) is 0 Å². The second-order valence-corrected chi connectivity index (χ2v) is 4.31. The van der Waals surface area contributed by atoms with Crippen LogP contribution in [0.25, 0.3) is 0 Å². The zero-order chi connectivity index (χ0) is 11.8. The van der Waals surface area contributed by atoms with Gasteiger partial charge in [-0.2, -0.15) is 0 Å². The van der Waals surface area contributed by atoms with E-state index in [0.717, 1.165) is 35.2 Å². The van der Waals surface area contributed by atoms with Crippen molar-refractivity contribution in [2.24, 2.45) is 0 Å². The summed E-state index contributed by atoms with van der Waals surface area (Å²) in [5.74, 6) is 0.796. The molecule has 90 valence electrons. The predicted octanol–water partition coefficient (Wildman–Crippen LogP) is 2.75. The first-order chi connectivity index (χ1) is 7.77. The van der Waals surface area contributed by atoms with E-state index in [-0.39, 0.29) is 6.61 Å². The zero-order valence-electron chi connectivity index (χ0n) is 9.41. The molecular weight excluding hydrogens is 272 g/mol. The summed E-state index contributed by atoms with van der Waals surface area (Å²) in [6.07, 6.45) is 1.97. The summed E-state index contributed by atoms with van der Waals surface area (Å²) in [6, 6.07) is 5.62. The summed E-state index contributed by atoms with van der Waals surface area (Å²) in [7, 11) is 1.70. The number of aliphatic hydroxyl groups is 1. The number of rotatable bonds is 7. The van der Waals surface area contributed by atoms with Crippen molar-refractivity contribution >= 4 is 15.9 Å². The molecule has 0 heterocycles. The van der Waals surface area contributed by atoms with E-state index in [1.54, 1.807) is 7.11 Å². The summed E-state index contributed by atoms with van der Waals surface area (Å²) in [6.45, 7) is 1.46. The summed E-state index contributed by atoms with van der Waals surface area (Å²) in [4.78, 5) is 0. The van der Waals surface area contributed by atoms with E-state index in [1.165, 1.54) is 0 Å². The molecule has 0 radical (unpaired) electrons. The molecule has 0 saturated carbocycles. The first-order valence-electron chi connectivity index (χ1n) is 5.29. The molecule has 1 N–H and O–H groups in total. The van der Waals surface area contributed by atoms with Crippen LogP contribution in [0.4, 0.5) is 0 Å². The van der Waals surface area contributed by atoms with Crippen molar-refractivity contribution in [3.63, 3.8) is 0 Å². The Labute approximate surface area is 105 Å². The molecule has 0 atom stereocenters. The lowest BCUT2D eigenvalue weighted by Crippen LogP contribution is -2.00. The van der Waals surface area contributed by atoms with Crippen molar-refractivity contribution in [3.05, 3.63) is 28.2 Å². The van der Waals surface area contributed by atoms with Crippen molar-refractivity contribution in [3.8, 4) is 5.75 Å². The summed E-state index contributed by atoms with van der Waals surface area (Å²) >= 11 is 3.36. The number of halogens is 1. The van der Waals surface area contributed by atoms with Gasteiger partial charge >= 0.3 is 0 Å². The van der Waals surface area contributed by atoms with Crippen LogP contribution in [-0.4, -0.2) is 25.4 Å². The van der Waals surface area contributed by atoms with Crippen LogP contribution in [-0.2, 0) is 11.3 Å². The average molecular weight is 289 g/mol. The number of benzene rings is 1. The maximum atomic E-state index is 9.08. The Bertz CT molecular complexity index is 315. The monoisotopic (exact) mass is 288 g/mol. The summed E-state index contributed by atoms with van der Waals surface area (Å²) in [5, 5.41) is 9.08. The minimum Gasteiger partial charge on any atom is -0.494 e. The van der Waals surface area contributed by atoms with E-state index >= 15 is 0 Å². The van der Waals surface area contributed by atoms with Crippen molar-refractivity contribution in [2.45, 2.75) is 19.4 Å². The summed E-state index contributed by atoms with van der Waals surface area (Å²) in [5.41, 5.74) is 0.842. The molecule has 4 heteroatoms. The van der Waals surface area contributed by atoms with Gasteiger partial charge in [0, 0.05) is 18.2 Å². The number of aliphatic hydroxyl groups excluding tert-OH is 1. The van der Waals surface area contributed by atoms with Gasteiger partial charge in [0.1, 0.15) is 5.75 Å². The van der Waals surface area contributed by atoms with Crippen LogP contribution in [0.15, 0.2) is 22.7 Å². The Balaban J connectivity index is 2.36. The van der Waals surface area contributed by atoms with Gasteiger partial charge in [0.15, 0.2) is 0 Å². The molecule has 0 saturated heterocycles. The fraction of sp³-hybridized carbons (Fsp3) is 0.500. The molecule has 3 nitrogen and oxygen atoms in total. The van der Waals surface area contributed by atoms with Gasteiger partial charge in [-0.25, -0.2) is 0 Å². The number of hydrogen-bond donors (Lipinski definition) is 1. The van der Waals surface area contributed by atoms with Gasteiger partial charge in [0.05, 0.1) is 13.2 Å². The molecular formula is C12H17BrO3. The summed E-state index contributed by atoms with van der Waals surface area (Å²) < 4.78 is 11.4. The van der Waals surface area contributed by atoms with Crippen LogP contribution in [0, 0.1) is 0 Å². The fourth-order valence-corrected chi connectivity index (χ4v) is 1.67.